The molecule has 4 rings (SSSR count). The molecule has 3 heteroatoms. The monoisotopic (exact) mass is 313 g/mol. The number of aliphatic hydroxyl groups is 1. The fraction of sp³-hybridized carbons (Fsp3) is 0.650. The summed E-state index contributed by atoms with van der Waals surface area (Å²) < 4.78 is 0. The summed E-state index contributed by atoms with van der Waals surface area (Å²) in [5.74, 6) is 1.89. The maximum atomic E-state index is 12.1. The molecule has 3 nitrogen and oxygen atoms in total. The molecule has 3 aliphatic carbocycles. The maximum Gasteiger partial charge on any atom is 0.201 e. The minimum Gasteiger partial charge on any atom is -0.393 e. The Balaban J connectivity index is 1.76. The lowest BCUT2D eigenvalue weighted by Crippen LogP contribution is -2.43. The number of hydrogen-bond acceptors (Lipinski definition) is 3. The largest absolute Gasteiger partial charge is 0.393 e. The van der Waals surface area contributed by atoms with Crippen molar-refractivity contribution < 1.29 is 5.11 Å². The van der Waals surface area contributed by atoms with Crippen LogP contribution in [0.5, 0.6) is 0 Å². The summed E-state index contributed by atoms with van der Waals surface area (Å²) in [7, 11) is 1.82. The van der Waals surface area contributed by atoms with E-state index in [1.54, 1.807) is 6.07 Å². The predicted octanol–water partition coefficient (Wildman–Crippen LogP) is 3.31. The number of fused-ring (bicyclic) bond motifs is 5. The molecule has 0 radical (unpaired) electrons. The van der Waals surface area contributed by atoms with Crippen LogP contribution in [0.1, 0.15) is 56.1 Å². The topological polar surface area (TPSA) is 49.3 Å². The molecule has 2 saturated carbocycles. The second kappa shape index (κ2) is 5.34. The number of nitrogens with one attached hydrogen (secondary N) is 1. The van der Waals surface area contributed by atoms with Crippen LogP contribution in [0.2, 0.25) is 0 Å². The van der Waals surface area contributed by atoms with Crippen molar-refractivity contribution in [3.05, 3.63) is 39.5 Å². The molecule has 0 saturated heterocycles. The zero-order valence-electron chi connectivity index (χ0n) is 14.1. The summed E-state index contributed by atoms with van der Waals surface area (Å²) in [6.07, 6.45) is 6.53. The molecule has 124 valence electrons. The molecule has 2 fully saturated rings. The fourth-order valence-corrected chi connectivity index (χ4v) is 5.84. The second-order valence-corrected chi connectivity index (χ2v) is 8.04. The summed E-state index contributed by atoms with van der Waals surface area (Å²) in [5, 5.41) is 13.5. The van der Waals surface area contributed by atoms with Gasteiger partial charge in [-0.05, 0) is 85.0 Å². The molecule has 0 aliphatic heterocycles. The zero-order chi connectivity index (χ0) is 16.2. The van der Waals surface area contributed by atoms with Crippen LogP contribution < -0.4 is 10.7 Å². The van der Waals surface area contributed by atoms with Gasteiger partial charge >= 0.3 is 0 Å². The minimum atomic E-state index is -0.120. The molecule has 0 bridgehead atoms. The van der Waals surface area contributed by atoms with Gasteiger partial charge in [0, 0.05) is 7.05 Å². The smallest absolute Gasteiger partial charge is 0.201 e. The summed E-state index contributed by atoms with van der Waals surface area (Å²) in [6, 6.07) is 5.90. The molecule has 0 spiro atoms. The number of aryl methyl sites for hydroxylation is 1. The van der Waals surface area contributed by atoms with Gasteiger partial charge in [0.25, 0.3) is 0 Å². The van der Waals surface area contributed by atoms with Crippen LogP contribution in [0.4, 0.5) is 5.69 Å². The van der Waals surface area contributed by atoms with Crippen molar-refractivity contribution >= 4 is 5.69 Å². The molecule has 0 amide bonds. The van der Waals surface area contributed by atoms with E-state index in [-0.39, 0.29) is 16.9 Å². The van der Waals surface area contributed by atoms with Gasteiger partial charge in [-0.2, -0.15) is 0 Å². The minimum absolute atomic E-state index is 0.0791. The van der Waals surface area contributed by atoms with Crippen LogP contribution in [-0.2, 0) is 6.42 Å². The van der Waals surface area contributed by atoms with E-state index in [9.17, 15) is 9.90 Å². The van der Waals surface area contributed by atoms with Crippen LogP contribution in [-0.4, -0.2) is 18.3 Å². The summed E-state index contributed by atoms with van der Waals surface area (Å²) in [4.78, 5) is 12.1. The highest BCUT2D eigenvalue weighted by molar-refractivity contribution is 5.48. The van der Waals surface area contributed by atoms with Crippen molar-refractivity contribution in [3.63, 3.8) is 0 Å². The third-order valence-electron chi connectivity index (χ3n) is 7.17. The van der Waals surface area contributed by atoms with Crippen LogP contribution >= 0.6 is 0 Å². The Kier molecular flexibility index (Phi) is 3.53. The van der Waals surface area contributed by atoms with Gasteiger partial charge in [0.2, 0.25) is 5.43 Å². The third kappa shape index (κ3) is 2.16. The van der Waals surface area contributed by atoms with Crippen LogP contribution in [0, 0.1) is 17.3 Å². The van der Waals surface area contributed by atoms with E-state index in [0.29, 0.717) is 23.4 Å². The Hall–Kier alpha value is -1.35. The summed E-state index contributed by atoms with van der Waals surface area (Å²) in [5.41, 5.74) is 3.65. The van der Waals surface area contributed by atoms with E-state index in [0.717, 1.165) is 25.7 Å². The molecule has 5 atom stereocenters. The first-order chi connectivity index (χ1) is 11.0. The normalized spacial score (nSPS) is 38.4. The number of hydrogen-bond donors (Lipinski definition) is 2. The van der Waals surface area contributed by atoms with E-state index in [1.807, 2.05) is 7.05 Å². The van der Waals surface area contributed by atoms with Crippen molar-refractivity contribution in [1.29, 1.82) is 0 Å². The Morgan fingerprint density at radius 1 is 1.22 bits per heavy atom. The van der Waals surface area contributed by atoms with Crippen molar-refractivity contribution in [1.82, 2.24) is 0 Å². The van der Waals surface area contributed by atoms with Crippen LogP contribution in [0.15, 0.2) is 23.0 Å². The van der Waals surface area contributed by atoms with Gasteiger partial charge < -0.3 is 10.4 Å². The lowest BCUT2D eigenvalue weighted by atomic mass is 9.55. The van der Waals surface area contributed by atoms with Gasteiger partial charge in [-0.15, -0.1) is 0 Å². The Morgan fingerprint density at radius 2 is 2.04 bits per heavy atom. The maximum absolute atomic E-state index is 12.1. The number of anilines is 1. The first-order valence-electron chi connectivity index (χ1n) is 9.07. The van der Waals surface area contributed by atoms with E-state index in [1.165, 1.54) is 24.0 Å². The molecule has 23 heavy (non-hydrogen) atoms. The molecule has 3 aliphatic rings. The quantitative estimate of drug-likeness (QED) is 0.836. The lowest BCUT2D eigenvalue weighted by Gasteiger charge is -2.50. The zero-order valence-corrected chi connectivity index (χ0v) is 14.1. The van der Waals surface area contributed by atoms with Crippen LogP contribution in [0.25, 0.3) is 0 Å². The van der Waals surface area contributed by atoms with Gasteiger partial charge in [0.1, 0.15) is 0 Å². The number of aliphatic hydroxyl groups excluding tert-OH is 1. The summed E-state index contributed by atoms with van der Waals surface area (Å²) >= 11 is 0. The van der Waals surface area contributed by atoms with E-state index in [4.69, 9.17) is 0 Å². The third-order valence-corrected chi connectivity index (χ3v) is 7.17. The Bertz CT molecular complexity index is 686. The first kappa shape index (κ1) is 15.2. The fourth-order valence-electron chi connectivity index (χ4n) is 5.84. The van der Waals surface area contributed by atoms with Gasteiger partial charge in [-0.25, -0.2) is 0 Å². The number of rotatable bonds is 1. The SMILES string of the molecule is CNc1cc2c(ccc1=O)[C@H]1CC[C@]3(C)[C@@H](O)CC[C@H]3[C@@H]1CC2. The Morgan fingerprint density at radius 3 is 2.83 bits per heavy atom. The van der Waals surface area contributed by atoms with E-state index < -0.39 is 0 Å². The Labute approximate surface area is 138 Å². The second-order valence-electron chi connectivity index (χ2n) is 8.04. The summed E-state index contributed by atoms with van der Waals surface area (Å²) in [6.45, 7) is 2.31. The molecule has 1 aromatic carbocycles. The highest BCUT2D eigenvalue weighted by Gasteiger charge is 2.54. The molecular formula is C20H27NO2. The van der Waals surface area contributed by atoms with Gasteiger partial charge in [-0.1, -0.05) is 13.0 Å². The molecule has 0 heterocycles. The molecule has 0 unspecified atom stereocenters. The lowest BCUT2D eigenvalue weighted by molar-refractivity contribution is -0.0225. The highest BCUT2D eigenvalue weighted by Crippen LogP contribution is 2.60. The highest BCUT2D eigenvalue weighted by atomic mass is 16.3. The van der Waals surface area contributed by atoms with Crippen LogP contribution in [0.3, 0.4) is 0 Å². The standard InChI is InChI=1S/C20H27NO2/c1-20-10-9-14-13-5-7-18(22)17(21-2)11-12(13)3-4-15(14)16(20)6-8-19(20)23/h5,7,11,14-16,19,23H,3-4,6,8-10H2,1-2H3,(H,21,22)/t14-,15-,16+,19+,20+/m1/s1. The van der Waals surface area contributed by atoms with Crippen molar-refractivity contribution in [2.24, 2.45) is 17.3 Å². The van der Waals surface area contributed by atoms with E-state index in [2.05, 4.69) is 24.4 Å². The van der Waals surface area contributed by atoms with Gasteiger partial charge in [0.05, 0.1) is 11.8 Å². The van der Waals surface area contributed by atoms with Crippen molar-refractivity contribution in [2.45, 2.75) is 57.5 Å². The molecular weight excluding hydrogens is 286 g/mol. The molecule has 1 aromatic rings. The molecule has 0 aromatic heterocycles. The average molecular weight is 313 g/mol. The van der Waals surface area contributed by atoms with E-state index >= 15 is 0 Å². The van der Waals surface area contributed by atoms with Gasteiger partial charge in [-0.3, -0.25) is 4.79 Å². The first-order valence-corrected chi connectivity index (χ1v) is 9.07. The van der Waals surface area contributed by atoms with Crippen molar-refractivity contribution in [3.8, 4) is 0 Å². The predicted molar refractivity (Wildman–Crippen MR) is 92.9 cm³/mol. The molecule has 2 N–H and O–H groups in total. The van der Waals surface area contributed by atoms with Gasteiger partial charge in [0.15, 0.2) is 0 Å². The average Bonchev–Trinajstić information content (AvgIpc) is 2.75. The van der Waals surface area contributed by atoms with Crippen molar-refractivity contribution in [2.75, 3.05) is 12.4 Å².